The molecule has 0 spiro atoms. The van der Waals surface area contributed by atoms with E-state index >= 15 is 0 Å². The standard InChI is InChI=1S/C38H42F2N2O2S3/c1-24(36(43)44)19-25-9-7-10-26(20-25)38(4,33-22-47-35(42-33)29-11-5-6-12-30(29)39)16-8-15-37(2,3)23-46-18-14-28-27-13-17-41-32(27)21-31(40)34(28)45/h5-7,9-13,17,20-22,24,41,45H,8,14-16,18-19,23H2,1-4H3,(H,43,44)/t24?,38-/m1/s1. The van der Waals surface area contributed by atoms with Crippen molar-refractivity contribution in [2.24, 2.45) is 11.3 Å². The Morgan fingerprint density at radius 3 is 2.62 bits per heavy atom. The number of benzene rings is 3. The Hall–Kier alpha value is -3.14. The molecule has 0 amide bonds. The van der Waals surface area contributed by atoms with Gasteiger partial charge in [-0.1, -0.05) is 63.6 Å². The first-order chi connectivity index (χ1) is 22.4. The average Bonchev–Trinajstić information content (AvgIpc) is 3.72. The van der Waals surface area contributed by atoms with Crippen molar-refractivity contribution in [1.82, 2.24) is 9.97 Å². The monoisotopic (exact) mass is 692 g/mol. The SMILES string of the molecule is CC(Cc1cccc([C@@](C)(CCCC(C)(C)CSCCc2c(S)c(F)cc3[nH]ccc23)c2csc(-c3ccccc3F)n2)c1)C(=O)O. The normalized spacial score (nSPS) is 13.9. The maximum atomic E-state index is 14.7. The lowest BCUT2D eigenvalue weighted by atomic mass is 9.74. The molecule has 0 aliphatic carbocycles. The van der Waals surface area contributed by atoms with E-state index < -0.39 is 17.3 Å². The van der Waals surface area contributed by atoms with E-state index in [2.05, 4.69) is 50.5 Å². The minimum atomic E-state index is -0.813. The molecule has 9 heteroatoms. The zero-order chi connectivity index (χ0) is 33.8. The van der Waals surface area contributed by atoms with Crippen LogP contribution in [0.25, 0.3) is 21.5 Å². The van der Waals surface area contributed by atoms with Crippen LogP contribution in [0.15, 0.2) is 77.1 Å². The molecular formula is C38H42F2N2O2S3. The largest absolute Gasteiger partial charge is 0.481 e. The number of rotatable bonds is 15. The third-order valence-electron chi connectivity index (χ3n) is 9.11. The lowest BCUT2D eigenvalue weighted by Gasteiger charge is -2.32. The number of aliphatic carboxylic acids is 1. The number of aromatic nitrogens is 2. The predicted octanol–water partition coefficient (Wildman–Crippen LogP) is 10.6. The molecule has 4 nitrogen and oxygen atoms in total. The summed E-state index contributed by atoms with van der Waals surface area (Å²) in [6, 6.07) is 18.4. The van der Waals surface area contributed by atoms with Gasteiger partial charge in [0.05, 0.1) is 11.6 Å². The third kappa shape index (κ3) is 8.30. The zero-order valence-corrected chi connectivity index (χ0v) is 29.8. The fourth-order valence-electron chi connectivity index (χ4n) is 6.19. The van der Waals surface area contributed by atoms with Gasteiger partial charge >= 0.3 is 5.97 Å². The topological polar surface area (TPSA) is 66.0 Å². The van der Waals surface area contributed by atoms with E-state index in [0.29, 0.717) is 21.9 Å². The summed E-state index contributed by atoms with van der Waals surface area (Å²) in [5.41, 5.74) is 4.81. The van der Waals surface area contributed by atoms with E-state index in [-0.39, 0.29) is 17.0 Å². The summed E-state index contributed by atoms with van der Waals surface area (Å²) < 4.78 is 29.1. The Balaban J connectivity index is 1.29. The molecule has 248 valence electrons. The Morgan fingerprint density at radius 1 is 1.06 bits per heavy atom. The fourth-order valence-corrected chi connectivity index (χ4v) is 8.65. The maximum Gasteiger partial charge on any atom is 0.306 e. The van der Waals surface area contributed by atoms with E-state index in [4.69, 9.17) is 4.98 Å². The van der Waals surface area contributed by atoms with Gasteiger partial charge in [-0.15, -0.1) is 24.0 Å². The second-order valence-electron chi connectivity index (χ2n) is 13.4. The Bertz CT molecular complexity index is 1850. The van der Waals surface area contributed by atoms with E-state index in [1.54, 1.807) is 19.1 Å². The number of hydrogen-bond donors (Lipinski definition) is 3. The molecule has 3 aromatic carbocycles. The number of thiol groups is 1. The van der Waals surface area contributed by atoms with Gasteiger partial charge in [-0.2, -0.15) is 11.8 Å². The van der Waals surface area contributed by atoms with Gasteiger partial charge in [-0.25, -0.2) is 13.8 Å². The second-order valence-corrected chi connectivity index (χ2v) is 15.8. The molecule has 0 saturated heterocycles. The van der Waals surface area contributed by atoms with Crippen LogP contribution < -0.4 is 0 Å². The van der Waals surface area contributed by atoms with E-state index in [1.165, 1.54) is 23.5 Å². The summed E-state index contributed by atoms with van der Waals surface area (Å²) in [5, 5.41) is 13.2. The number of aromatic amines is 1. The van der Waals surface area contributed by atoms with Gasteiger partial charge in [-0.05, 0) is 90.5 Å². The maximum absolute atomic E-state index is 14.7. The number of thiazole rings is 1. The van der Waals surface area contributed by atoms with Crippen LogP contribution in [0.4, 0.5) is 8.78 Å². The van der Waals surface area contributed by atoms with Crippen molar-refractivity contribution in [1.29, 1.82) is 0 Å². The van der Waals surface area contributed by atoms with Gasteiger partial charge in [0, 0.05) is 38.4 Å². The Labute approximate surface area is 289 Å². The lowest BCUT2D eigenvalue weighted by Crippen LogP contribution is -2.26. The number of nitrogens with zero attached hydrogens (tertiary/aromatic N) is 1. The number of halogens is 2. The highest BCUT2D eigenvalue weighted by Crippen LogP contribution is 2.41. The number of carboxylic acids is 1. The number of carbonyl (C=O) groups is 1. The van der Waals surface area contributed by atoms with Crippen molar-refractivity contribution < 1.29 is 18.7 Å². The number of fused-ring (bicyclic) bond motifs is 1. The summed E-state index contributed by atoms with van der Waals surface area (Å²) in [6.45, 7) is 8.51. The van der Waals surface area contributed by atoms with Crippen LogP contribution in [0.5, 0.6) is 0 Å². The fraction of sp³-hybridized carbons (Fsp3) is 0.368. The van der Waals surface area contributed by atoms with Gasteiger partial charge in [-0.3, -0.25) is 4.79 Å². The summed E-state index contributed by atoms with van der Waals surface area (Å²) in [5.74, 6) is -0.0525. The molecule has 5 rings (SSSR count). The van der Waals surface area contributed by atoms with Crippen molar-refractivity contribution in [3.05, 3.63) is 106 Å². The molecule has 0 radical (unpaired) electrons. The highest BCUT2D eigenvalue weighted by atomic mass is 32.2. The molecule has 47 heavy (non-hydrogen) atoms. The van der Waals surface area contributed by atoms with E-state index in [1.807, 2.05) is 47.6 Å². The first-order valence-corrected chi connectivity index (χ1v) is 18.4. The van der Waals surface area contributed by atoms with Crippen molar-refractivity contribution >= 4 is 52.6 Å². The molecule has 0 aliphatic heterocycles. The van der Waals surface area contributed by atoms with Crippen LogP contribution in [0.2, 0.25) is 0 Å². The molecule has 5 aromatic rings. The number of aryl methyl sites for hydroxylation is 1. The predicted molar refractivity (Wildman–Crippen MR) is 195 cm³/mol. The van der Waals surface area contributed by atoms with E-state index in [9.17, 15) is 18.7 Å². The summed E-state index contributed by atoms with van der Waals surface area (Å²) >= 11 is 7.80. The molecule has 0 aliphatic rings. The molecule has 2 atom stereocenters. The number of thioether (sulfide) groups is 1. The van der Waals surface area contributed by atoms with E-state index in [0.717, 1.165) is 70.5 Å². The van der Waals surface area contributed by atoms with Crippen LogP contribution >= 0.6 is 35.7 Å². The molecule has 2 N–H and O–H groups in total. The number of hydrogen-bond acceptors (Lipinski definition) is 5. The number of nitrogens with one attached hydrogen (secondary N) is 1. The van der Waals surface area contributed by atoms with Gasteiger partial charge in [0.1, 0.15) is 16.6 Å². The smallest absolute Gasteiger partial charge is 0.306 e. The van der Waals surface area contributed by atoms with Crippen molar-refractivity contribution in [2.45, 2.75) is 70.1 Å². The van der Waals surface area contributed by atoms with Crippen molar-refractivity contribution in [2.75, 3.05) is 11.5 Å². The summed E-state index contributed by atoms with van der Waals surface area (Å²) in [4.78, 5) is 20.1. The van der Waals surface area contributed by atoms with Crippen LogP contribution in [-0.4, -0.2) is 32.5 Å². The van der Waals surface area contributed by atoms with Crippen LogP contribution in [0.3, 0.4) is 0 Å². The lowest BCUT2D eigenvalue weighted by molar-refractivity contribution is -0.141. The van der Waals surface area contributed by atoms with Crippen LogP contribution in [0, 0.1) is 23.0 Å². The molecular weight excluding hydrogens is 651 g/mol. The van der Waals surface area contributed by atoms with Crippen molar-refractivity contribution in [3.8, 4) is 10.6 Å². The van der Waals surface area contributed by atoms with Crippen molar-refractivity contribution in [3.63, 3.8) is 0 Å². The zero-order valence-electron chi connectivity index (χ0n) is 27.3. The first-order valence-electron chi connectivity index (χ1n) is 16.0. The third-order valence-corrected chi connectivity index (χ3v) is 11.9. The van der Waals surface area contributed by atoms with Crippen LogP contribution in [-0.2, 0) is 23.1 Å². The minimum Gasteiger partial charge on any atom is -0.481 e. The molecule has 2 aromatic heterocycles. The summed E-state index contributed by atoms with van der Waals surface area (Å²) in [6.07, 6.45) is 5.80. The molecule has 0 fully saturated rings. The quantitative estimate of drug-likeness (QED) is 0.0755. The number of carboxylic acid groups (broad SMARTS) is 1. The Morgan fingerprint density at radius 2 is 1.85 bits per heavy atom. The van der Waals surface area contributed by atoms with Gasteiger partial charge in [0.25, 0.3) is 0 Å². The number of H-pyrrole nitrogens is 1. The van der Waals surface area contributed by atoms with Gasteiger partial charge in [0.15, 0.2) is 0 Å². The van der Waals surface area contributed by atoms with Crippen LogP contribution in [0.1, 0.15) is 69.3 Å². The molecule has 0 saturated carbocycles. The highest BCUT2D eigenvalue weighted by molar-refractivity contribution is 7.99. The first kappa shape index (κ1) is 35.2. The van der Waals surface area contributed by atoms with Gasteiger partial charge < -0.3 is 10.1 Å². The molecule has 1 unspecified atom stereocenters. The second kappa shape index (κ2) is 15.0. The molecule has 2 heterocycles. The summed E-state index contributed by atoms with van der Waals surface area (Å²) in [7, 11) is 0. The van der Waals surface area contributed by atoms with Gasteiger partial charge in [0.2, 0.25) is 0 Å². The highest BCUT2D eigenvalue weighted by Gasteiger charge is 2.33. The Kier molecular flexibility index (Phi) is 11.2. The minimum absolute atomic E-state index is 0.0693. The molecule has 0 bridgehead atoms. The average molecular weight is 693 g/mol.